The molecule has 0 spiro atoms. The lowest BCUT2D eigenvalue weighted by Crippen LogP contribution is -2.42. The van der Waals surface area contributed by atoms with Crippen LogP contribution in [0.25, 0.3) is 0 Å². The number of piperidine rings is 1. The molecule has 2 heterocycles. The summed E-state index contributed by atoms with van der Waals surface area (Å²) in [6, 6.07) is 7.57. The van der Waals surface area contributed by atoms with Crippen LogP contribution in [0, 0.1) is 0 Å². The molecule has 7 nitrogen and oxygen atoms in total. The van der Waals surface area contributed by atoms with Gasteiger partial charge in [0.25, 0.3) is 0 Å². The van der Waals surface area contributed by atoms with Crippen molar-refractivity contribution in [1.29, 1.82) is 0 Å². The van der Waals surface area contributed by atoms with Crippen molar-refractivity contribution < 1.29 is 8.42 Å². The number of aliphatic imine (C=N–C) groups is 1. The van der Waals surface area contributed by atoms with Crippen molar-refractivity contribution >= 4 is 40.0 Å². The average Bonchev–Trinajstić information content (AvgIpc) is 3.19. The molecule has 1 atom stereocenters. The van der Waals surface area contributed by atoms with Gasteiger partial charge in [-0.05, 0) is 56.5 Å². The van der Waals surface area contributed by atoms with E-state index >= 15 is 0 Å². The predicted molar refractivity (Wildman–Crippen MR) is 128 cm³/mol. The van der Waals surface area contributed by atoms with E-state index in [1.807, 2.05) is 6.07 Å². The number of guanidine groups is 1. The summed E-state index contributed by atoms with van der Waals surface area (Å²) in [5.74, 6) is 0.409. The molecule has 2 aliphatic heterocycles. The van der Waals surface area contributed by atoms with E-state index in [2.05, 4.69) is 22.1 Å². The second-order valence-electron chi connectivity index (χ2n) is 7.62. The Kier molecular flexibility index (Phi) is 9.64. The molecular formula is C20H34IN5O2S. The van der Waals surface area contributed by atoms with Gasteiger partial charge in [0.15, 0.2) is 5.96 Å². The first-order valence-corrected chi connectivity index (χ1v) is 11.8. The van der Waals surface area contributed by atoms with Crippen LogP contribution in [0.15, 0.2) is 34.2 Å². The Morgan fingerprint density at radius 1 is 1.21 bits per heavy atom. The fraction of sp³-hybridized carbons (Fsp3) is 0.650. The third kappa shape index (κ3) is 6.53. The SMILES string of the molecule is CCN1CCCC1CNC(N)=NCc1cccc(S(=O)(=O)N2CCCCC2)c1.I. The molecular weight excluding hydrogens is 501 g/mol. The highest BCUT2D eigenvalue weighted by molar-refractivity contribution is 14.0. The van der Waals surface area contributed by atoms with Gasteiger partial charge >= 0.3 is 0 Å². The Bertz CT molecular complexity index is 781. The highest BCUT2D eigenvalue weighted by Gasteiger charge is 2.26. The number of rotatable bonds is 7. The summed E-state index contributed by atoms with van der Waals surface area (Å²) in [7, 11) is -3.42. The monoisotopic (exact) mass is 535 g/mol. The number of hydrogen-bond acceptors (Lipinski definition) is 4. The molecule has 1 unspecified atom stereocenters. The molecule has 0 amide bonds. The van der Waals surface area contributed by atoms with E-state index in [0.717, 1.165) is 44.5 Å². The van der Waals surface area contributed by atoms with E-state index in [1.165, 1.54) is 12.8 Å². The van der Waals surface area contributed by atoms with Gasteiger partial charge in [0.2, 0.25) is 10.0 Å². The van der Waals surface area contributed by atoms with Crippen LogP contribution >= 0.6 is 24.0 Å². The quantitative estimate of drug-likeness (QED) is 0.318. The first-order chi connectivity index (χ1) is 13.5. The fourth-order valence-electron chi connectivity index (χ4n) is 4.06. The minimum atomic E-state index is -3.42. The molecule has 0 bridgehead atoms. The van der Waals surface area contributed by atoms with Crippen molar-refractivity contribution in [3.63, 3.8) is 0 Å². The standard InChI is InChI=1S/C20H33N5O2S.HI/c1-2-24-11-7-9-18(24)16-23-20(21)22-15-17-8-6-10-19(14-17)28(26,27)25-12-4-3-5-13-25;/h6,8,10,14,18H,2-5,7,9,11-13,15-16H2,1H3,(H3,21,22,23);1H. The highest BCUT2D eigenvalue weighted by Crippen LogP contribution is 2.21. The van der Waals surface area contributed by atoms with E-state index in [1.54, 1.807) is 22.5 Å². The molecule has 0 aliphatic carbocycles. The number of halogens is 1. The molecule has 9 heteroatoms. The van der Waals surface area contributed by atoms with Crippen LogP contribution in [0.4, 0.5) is 0 Å². The van der Waals surface area contributed by atoms with Gasteiger partial charge in [-0.1, -0.05) is 25.5 Å². The number of hydrogen-bond donors (Lipinski definition) is 2. The lowest BCUT2D eigenvalue weighted by atomic mass is 10.2. The second kappa shape index (κ2) is 11.5. The topological polar surface area (TPSA) is 91.0 Å². The fourth-order valence-corrected chi connectivity index (χ4v) is 5.64. The van der Waals surface area contributed by atoms with E-state index < -0.39 is 10.0 Å². The number of benzene rings is 1. The summed E-state index contributed by atoms with van der Waals surface area (Å²) in [5, 5.41) is 3.22. The maximum atomic E-state index is 12.8. The van der Waals surface area contributed by atoms with Gasteiger partial charge in [-0.25, -0.2) is 13.4 Å². The molecule has 3 N–H and O–H groups in total. The van der Waals surface area contributed by atoms with Gasteiger partial charge in [0.1, 0.15) is 0 Å². The molecule has 0 radical (unpaired) electrons. The molecule has 0 saturated carbocycles. The number of sulfonamides is 1. The summed E-state index contributed by atoms with van der Waals surface area (Å²) in [5.41, 5.74) is 6.87. The number of nitrogens with two attached hydrogens (primary N) is 1. The molecule has 1 aromatic carbocycles. The van der Waals surface area contributed by atoms with E-state index in [9.17, 15) is 8.42 Å². The molecule has 29 heavy (non-hydrogen) atoms. The summed E-state index contributed by atoms with van der Waals surface area (Å²) < 4.78 is 27.3. The Morgan fingerprint density at radius 2 is 1.97 bits per heavy atom. The minimum Gasteiger partial charge on any atom is -0.370 e. The maximum Gasteiger partial charge on any atom is 0.243 e. The molecule has 164 valence electrons. The lowest BCUT2D eigenvalue weighted by molar-refractivity contribution is 0.267. The van der Waals surface area contributed by atoms with Gasteiger partial charge < -0.3 is 11.1 Å². The van der Waals surface area contributed by atoms with Crippen molar-refractivity contribution in [3.8, 4) is 0 Å². The Morgan fingerprint density at radius 3 is 2.69 bits per heavy atom. The summed E-state index contributed by atoms with van der Waals surface area (Å²) in [6.45, 7) is 6.77. The Labute approximate surface area is 192 Å². The zero-order valence-corrected chi connectivity index (χ0v) is 20.4. The zero-order chi connectivity index (χ0) is 20.0. The van der Waals surface area contributed by atoms with Gasteiger partial charge in [-0.3, -0.25) is 4.90 Å². The van der Waals surface area contributed by atoms with Gasteiger partial charge in [0.05, 0.1) is 11.4 Å². The third-order valence-corrected chi connectivity index (χ3v) is 7.60. The van der Waals surface area contributed by atoms with E-state index in [0.29, 0.717) is 36.5 Å². The smallest absolute Gasteiger partial charge is 0.243 e. The zero-order valence-electron chi connectivity index (χ0n) is 17.2. The number of nitrogens with one attached hydrogen (secondary N) is 1. The van der Waals surface area contributed by atoms with Gasteiger partial charge in [0, 0.05) is 25.7 Å². The largest absolute Gasteiger partial charge is 0.370 e. The molecule has 2 fully saturated rings. The van der Waals surface area contributed by atoms with Crippen LogP contribution < -0.4 is 11.1 Å². The van der Waals surface area contributed by atoms with E-state index in [-0.39, 0.29) is 24.0 Å². The number of nitrogens with zero attached hydrogens (tertiary/aromatic N) is 3. The maximum absolute atomic E-state index is 12.8. The summed E-state index contributed by atoms with van der Waals surface area (Å²) in [6.07, 6.45) is 5.38. The third-order valence-electron chi connectivity index (χ3n) is 5.71. The van der Waals surface area contributed by atoms with Crippen LogP contribution in [0.5, 0.6) is 0 Å². The molecule has 2 aliphatic rings. The van der Waals surface area contributed by atoms with E-state index in [4.69, 9.17) is 5.73 Å². The first kappa shape index (κ1) is 24.4. The normalized spacial score (nSPS) is 21.7. The predicted octanol–water partition coefficient (Wildman–Crippen LogP) is 2.37. The second-order valence-corrected chi connectivity index (χ2v) is 9.56. The van der Waals surface area contributed by atoms with Crippen molar-refractivity contribution in [3.05, 3.63) is 29.8 Å². The van der Waals surface area contributed by atoms with Crippen LogP contribution in [-0.4, -0.2) is 62.3 Å². The summed E-state index contributed by atoms with van der Waals surface area (Å²) in [4.78, 5) is 7.20. The van der Waals surface area contributed by atoms with Gasteiger partial charge in [-0.2, -0.15) is 4.31 Å². The summed E-state index contributed by atoms with van der Waals surface area (Å²) >= 11 is 0. The van der Waals surface area contributed by atoms with Crippen molar-refractivity contribution in [1.82, 2.24) is 14.5 Å². The minimum absolute atomic E-state index is 0. The van der Waals surface area contributed by atoms with Crippen molar-refractivity contribution in [2.45, 2.75) is 56.5 Å². The van der Waals surface area contributed by atoms with Crippen LogP contribution in [0.2, 0.25) is 0 Å². The lowest BCUT2D eigenvalue weighted by Gasteiger charge is -2.26. The molecule has 1 aromatic rings. The van der Waals surface area contributed by atoms with Crippen molar-refractivity contribution in [2.75, 3.05) is 32.7 Å². The average molecular weight is 535 g/mol. The van der Waals surface area contributed by atoms with Crippen molar-refractivity contribution in [2.24, 2.45) is 10.7 Å². The highest BCUT2D eigenvalue weighted by atomic mass is 127. The first-order valence-electron chi connectivity index (χ1n) is 10.4. The Balaban J connectivity index is 0.00000300. The Hall–Kier alpha value is -0.910. The van der Waals surface area contributed by atoms with Crippen LogP contribution in [0.1, 0.15) is 44.6 Å². The molecule has 3 rings (SSSR count). The number of likely N-dealkylation sites (N-methyl/N-ethyl adjacent to an activating group) is 1. The van der Waals surface area contributed by atoms with Crippen LogP contribution in [-0.2, 0) is 16.6 Å². The molecule has 2 saturated heterocycles. The van der Waals surface area contributed by atoms with Crippen LogP contribution in [0.3, 0.4) is 0 Å². The number of likely N-dealkylation sites (tertiary alicyclic amines) is 1. The molecule has 0 aromatic heterocycles. The van der Waals surface area contributed by atoms with Gasteiger partial charge in [-0.15, -0.1) is 24.0 Å².